The van der Waals surface area contributed by atoms with Crippen LogP contribution in [-0.4, -0.2) is 5.91 Å². The van der Waals surface area contributed by atoms with Crippen LogP contribution in [0.4, 0.5) is 0 Å². The smallest absolute Gasteiger partial charge is 0.251 e. The Balaban J connectivity index is 1.99. The van der Waals surface area contributed by atoms with Crippen LogP contribution in [-0.2, 0) is 12.0 Å². The van der Waals surface area contributed by atoms with Crippen LogP contribution in [0.25, 0.3) is 0 Å². The molecule has 0 unspecified atom stereocenters. The molecule has 2 aromatic rings. The molecule has 0 saturated carbocycles. The highest BCUT2D eigenvalue weighted by atomic mass is 16.1. The maximum atomic E-state index is 12.1. The number of hydrogen-bond acceptors (Lipinski definition) is 1. The summed E-state index contributed by atoms with van der Waals surface area (Å²) in [4.78, 5) is 12.1. The minimum absolute atomic E-state index is 0.0314. The van der Waals surface area contributed by atoms with Gasteiger partial charge in [0.1, 0.15) is 0 Å². The first-order chi connectivity index (χ1) is 9.86. The lowest BCUT2D eigenvalue weighted by Gasteiger charge is -2.19. The van der Waals surface area contributed by atoms with Crippen LogP contribution >= 0.6 is 0 Å². The Morgan fingerprint density at radius 2 is 1.52 bits per heavy atom. The van der Waals surface area contributed by atoms with Crippen molar-refractivity contribution >= 4 is 5.91 Å². The second-order valence-corrected chi connectivity index (χ2v) is 6.50. The molecule has 0 saturated heterocycles. The van der Waals surface area contributed by atoms with Crippen LogP contribution in [0, 0.1) is 6.92 Å². The van der Waals surface area contributed by atoms with Gasteiger partial charge < -0.3 is 5.32 Å². The van der Waals surface area contributed by atoms with E-state index < -0.39 is 0 Å². The topological polar surface area (TPSA) is 29.1 Å². The molecule has 0 bridgehead atoms. The van der Waals surface area contributed by atoms with Gasteiger partial charge in [0.25, 0.3) is 5.91 Å². The molecule has 2 rings (SSSR count). The van der Waals surface area contributed by atoms with Crippen LogP contribution in [0.2, 0.25) is 0 Å². The number of carbonyl (C=O) groups excluding carboxylic acids is 1. The number of rotatable bonds is 3. The van der Waals surface area contributed by atoms with E-state index in [1.165, 1.54) is 11.1 Å². The van der Waals surface area contributed by atoms with E-state index in [0.29, 0.717) is 12.1 Å². The van der Waals surface area contributed by atoms with Gasteiger partial charge in [0.2, 0.25) is 0 Å². The zero-order valence-corrected chi connectivity index (χ0v) is 13.2. The van der Waals surface area contributed by atoms with E-state index in [1.807, 2.05) is 36.4 Å². The highest BCUT2D eigenvalue weighted by molar-refractivity contribution is 5.94. The van der Waals surface area contributed by atoms with E-state index in [4.69, 9.17) is 0 Å². The first kappa shape index (κ1) is 15.3. The summed E-state index contributed by atoms with van der Waals surface area (Å²) in [7, 11) is 0. The van der Waals surface area contributed by atoms with Crippen LogP contribution in [0.3, 0.4) is 0 Å². The quantitative estimate of drug-likeness (QED) is 0.896. The summed E-state index contributed by atoms with van der Waals surface area (Å²) in [6, 6.07) is 16.0. The van der Waals surface area contributed by atoms with Crippen LogP contribution in [0.1, 0.15) is 47.8 Å². The van der Waals surface area contributed by atoms with Gasteiger partial charge in [-0.2, -0.15) is 0 Å². The minimum Gasteiger partial charge on any atom is -0.348 e. The summed E-state index contributed by atoms with van der Waals surface area (Å²) >= 11 is 0. The Labute approximate surface area is 127 Å². The molecule has 0 aliphatic rings. The molecule has 2 nitrogen and oxygen atoms in total. The number of aryl methyl sites for hydroxylation is 1. The predicted molar refractivity (Wildman–Crippen MR) is 87.5 cm³/mol. The summed E-state index contributed by atoms with van der Waals surface area (Å²) in [5.41, 5.74) is 4.38. The van der Waals surface area contributed by atoms with Crippen molar-refractivity contribution in [1.29, 1.82) is 0 Å². The van der Waals surface area contributed by atoms with Crippen LogP contribution in [0.5, 0.6) is 0 Å². The lowest BCUT2D eigenvalue weighted by Crippen LogP contribution is -2.23. The summed E-state index contributed by atoms with van der Waals surface area (Å²) in [5.74, 6) is -0.0314. The molecule has 21 heavy (non-hydrogen) atoms. The van der Waals surface area contributed by atoms with Gasteiger partial charge >= 0.3 is 0 Å². The zero-order valence-electron chi connectivity index (χ0n) is 13.2. The van der Waals surface area contributed by atoms with Crippen LogP contribution in [0.15, 0.2) is 48.5 Å². The summed E-state index contributed by atoms with van der Waals surface area (Å²) in [6.07, 6.45) is 0. The van der Waals surface area contributed by atoms with Gasteiger partial charge in [0, 0.05) is 12.1 Å². The fraction of sp³-hybridized carbons (Fsp3) is 0.316. The van der Waals surface area contributed by atoms with Crippen molar-refractivity contribution in [3.05, 3.63) is 70.8 Å². The van der Waals surface area contributed by atoms with Gasteiger partial charge in [-0.25, -0.2) is 0 Å². The number of carbonyl (C=O) groups is 1. The Bertz CT molecular complexity index is 604. The van der Waals surface area contributed by atoms with Gasteiger partial charge in [-0.1, -0.05) is 62.7 Å². The number of amides is 1. The van der Waals surface area contributed by atoms with Gasteiger partial charge in [-0.3, -0.25) is 4.79 Å². The normalized spacial score (nSPS) is 11.2. The molecule has 0 aromatic heterocycles. The third-order valence-electron chi connectivity index (χ3n) is 3.59. The Hall–Kier alpha value is -2.09. The average Bonchev–Trinajstić information content (AvgIpc) is 2.45. The van der Waals surface area contributed by atoms with Crippen molar-refractivity contribution in [2.45, 2.75) is 39.7 Å². The van der Waals surface area contributed by atoms with Crippen molar-refractivity contribution in [2.75, 3.05) is 0 Å². The van der Waals surface area contributed by atoms with E-state index in [2.05, 4.69) is 45.1 Å². The number of benzene rings is 2. The molecule has 1 N–H and O–H groups in total. The third kappa shape index (κ3) is 4.19. The number of nitrogens with one attached hydrogen (secondary N) is 1. The molecule has 0 heterocycles. The second kappa shape index (κ2) is 6.13. The SMILES string of the molecule is Cc1ccc(CNC(=O)c2ccc(C(C)(C)C)cc2)cc1. The highest BCUT2D eigenvalue weighted by Gasteiger charge is 2.14. The van der Waals surface area contributed by atoms with E-state index in [9.17, 15) is 4.79 Å². The van der Waals surface area contributed by atoms with Crippen molar-refractivity contribution in [1.82, 2.24) is 5.32 Å². The Morgan fingerprint density at radius 1 is 0.952 bits per heavy atom. The minimum atomic E-state index is -0.0314. The zero-order chi connectivity index (χ0) is 15.5. The van der Waals surface area contributed by atoms with E-state index in [-0.39, 0.29) is 11.3 Å². The molecular formula is C19H23NO. The molecule has 2 heteroatoms. The maximum Gasteiger partial charge on any atom is 0.251 e. The summed E-state index contributed by atoms with van der Waals surface area (Å²) in [6.45, 7) is 9.11. The number of hydrogen-bond donors (Lipinski definition) is 1. The summed E-state index contributed by atoms with van der Waals surface area (Å²) in [5, 5.41) is 2.95. The lowest BCUT2D eigenvalue weighted by atomic mass is 9.87. The third-order valence-corrected chi connectivity index (χ3v) is 3.59. The molecule has 1 amide bonds. The molecule has 0 atom stereocenters. The molecule has 0 aliphatic heterocycles. The summed E-state index contributed by atoms with van der Waals surface area (Å²) < 4.78 is 0. The van der Waals surface area contributed by atoms with Gasteiger partial charge in [0.05, 0.1) is 0 Å². The Kier molecular flexibility index (Phi) is 4.46. The maximum absolute atomic E-state index is 12.1. The Morgan fingerprint density at radius 3 is 2.05 bits per heavy atom. The lowest BCUT2D eigenvalue weighted by molar-refractivity contribution is 0.0951. The standard InChI is InChI=1S/C19H23NO/c1-14-5-7-15(8-6-14)13-20-18(21)16-9-11-17(12-10-16)19(2,3)4/h5-12H,13H2,1-4H3,(H,20,21). The molecule has 110 valence electrons. The molecule has 0 aliphatic carbocycles. The fourth-order valence-electron chi connectivity index (χ4n) is 2.11. The van der Waals surface area contributed by atoms with E-state index >= 15 is 0 Å². The highest BCUT2D eigenvalue weighted by Crippen LogP contribution is 2.22. The van der Waals surface area contributed by atoms with Crippen LogP contribution < -0.4 is 5.32 Å². The van der Waals surface area contributed by atoms with Gasteiger partial charge in [0.15, 0.2) is 0 Å². The second-order valence-electron chi connectivity index (χ2n) is 6.50. The molecule has 0 radical (unpaired) electrons. The molecule has 0 spiro atoms. The molecule has 0 fully saturated rings. The van der Waals surface area contributed by atoms with Crippen molar-refractivity contribution < 1.29 is 4.79 Å². The largest absolute Gasteiger partial charge is 0.348 e. The van der Waals surface area contributed by atoms with E-state index in [0.717, 1.165) is 5.56 Å². The predicted octanol–water partition coefficient (Wildman–Crippen LogP) is 4.22. The first-order valence-electron chi connectivity index (χ1n) is 7.30. The fourth-order valence-corrected chi connectivity index (χ4v) is 2.11. The van der Waals surface area contributed by atoms with Gasteiger partial charge in [-0.05, 0) is 35.6 Å². The van der Waals surface area contributed by atoms with Gasteiger partial charge in [-0.15, -0.1) is 0 Å². The monoisotopic (exact) mass is 281 g/mol. The first-order valence-corrected chi connectivity index (χ1v) is 7.30. The molecular weight excluding hydrogens is 258 g/mol. The van der Waals surface area contributed by atoms with Crippen molar-refractivity contribution in [2.24, 2.45) is 0 Å². The van der Waals surface area contributed by atoms with Crippen molar-refractivity contribution in [3.8, 4) is 0 Å². The van der Waals surface area contributed by atoms with E-state index in [1.54, 1.807) is 0 Å². The molecule has 2 aromatic carbocycles. The average molecular weight is 281 g/mol. The van der Waals surface area contributed by atoms with Crippen molar-refractivity contribution in [3.63, 3.8) is 0 Å².